The van der Waals surface area contributed by atoms with Crippen LogP contribution in [0.3, 0.4) is 0 Å². The lowest BCUT2D eigenvalue weighted by atomic mass is 9.89. The van der Waals surface area contributed by atoms with E-state index in [-0.39, 0.29) is 5.78 Å². The predicted octanol–water partition coefficient (Wildman–Crippen LogP) is 2.45. The van der Waals surface area contributed by atoms with Crippen LogP contribution in [0.1, 0.15) is 31.3 Å². The van der Waals surface area contributed by atoms with Crippen LogP contribution in [0.5, 0.6) is 0 Å². The molecular formula is C10H12FNO. The maximum atomic E-state index is 12.5. The largest absolute Gasteiger partial charge is 0.292 e. The lowest BCUT2D eigenvalue weighted by molar-refractivity contribution is 0.0853. The Balaban J connectivity index is 2.97. The normalized spacial score (nSPS) is 11.4. The fourth-order valence-corrected chi connectivity index (χ4v) is 0.894. The molecule has 0 aliphatic carbocycles. The average molecular weight is 181 g/mol. The molecule has 1 heterocycles. The van der Waals surface area contributed by atoms with Gasteiger partial charge in [-0.05, 0) is 12.1 Å². The molecule has 0 unspecified atom stereocenters. The van der Waals surface area contributed by atoms with Crippen LogP contribution in [0.2, 0.25) is 0 Å². The Morgan fingerprint density at radius 2 is 2.00 bits per heavy atom. The van der Waals surface area contributed by atoms with E-state index in [0.717, 1.165) is 6.20 Å². The van der Waals surface area contributed by atoms with E-state index in [1.54, 1.807) is 20.8 Å². The number of aromatic nitrogens is 1. The van der Waals surface area contributed by atoms with E-state index in [9.17, 15) is 9.18 Å². The van der Waals surface area contributed by atoms with Gasteiger partial charge in [-0.3, -0.25) is 9.78 Å². The zero-order chi connectivity index (χ0) is 10.1. The molecule has 0 atom stereocenters. The van der Waals surface area contributed by atoms with Gasteiger partial charge in [0, 0.05) is 5.41 Å². The van der Waals surface area contributed by atoms with Gasteiger partial charge in [0.2, 0.25) is 0 Å². The van der Waals surface area contributed by atoms with Gasteiger partial charge in [-0.25, -0.2) is 4.39 Å². The molecule has 0 radical (unpaired) electrons. The van der Waals surface area contributed by atoms with Gasteiger partial charge in [-0.1, -0.05) is 20.8 Å². The summed E-state index contributed by atoms with van der Waals surface area (Å²) in [7, 11) is 0. The summed E-state index contributed by atoms with van der Waals surface area (Å²) in [6, 6.07) is 2.65. The molecule has 0 bridgehead atoms. The van der Waals surface area contributed by atoms with Crippen molar-refractivity contribution in [1.29, 1.82) is 0 Å². The highest BCUT2D eigenvalue weighted by molar-refractivity contribution is 5.97. The van der Waals surface area contributed by atoms with Gasteiger partial charge in [-0.2, -0.15) is 0 Å². The fraction of sp³-hybridized carbons (Fsp3) is 0.400. The molecule has 0 saturated heterocycles. The van der Waals surface area contributed by atoms with Crippen molar-refractivity contribution >= 4 is 5.78 Å². The molecule has 0 N–H and O–H groups in total. The molecular weight excluding hydrogens is 169 g/mol. The van der Waals surface area contributed by atoms with Crippen LogP contribution in [0.25, 0.3) is 0 Å². The molecule has 70 valence electrons. The van der Waals surface area contributed by atoms with Crippen molar-refractivity contribution in [3.05, 3.63) is 29.8 Å². The van der Waals surface area contributed by atoms with Crippen molar-refractivity contribution in [2.24, 2.45) is 5.41 Å². The topological polar surface area (TPSA) is 30.0 Å². The molecule has 0 aromatic carbocycles. The maximum absolute atomic E-state index is 12.5. The molecule has 0 aliphatic heterocycles. The molecule has 3 heteroatoms. The highest BCUT2D eigenvalue weighted by atomic mass is 19.1. The number of pyridine rings is 1. The van der Waals surface area contributed by atoms with E-state index in [4.69, 9.17) is 0 Å². The number of nitrogens with zero attached hydrogens (tertiary/aromatic N) is 1. The highest BCUT2D eigenvalue weighted by Gasteiger charge is 2.23. The Hall–Kier alpha value is -1.25. The zero-order valence-corrected chi connectivity index (χ0v) is 7.97. The third kappa shape index (κ3) is 2.34. The smallest absolute Gasteiger partial charge is 0.186 e. The minimum absolute atomic E-state index is 0.0764. The molecule has 0 saturated carbocycles. The Kier molecular flexibility index (Phi) is 2.45. The molecule has 0 spiro atoms. The van der Waals surface area contributed by atoms with E-state index in [1.165, 1.54) is 12.1 Å². The number of hydrogen-bond acceptors (Lipinski definition) is 2. The lowest BCUT2D eigenvalue weighted by Gasteiger charge is -2.15. The fourth-order valence-electron chi connectivity index (χ4n) is 0.894. The Labute approximate surface area is 76.8 Å². The van der Waals surface area contributed by atoms with Crippen molar-refractivity contribution in [2.45, 2.75) is 20.8 Å². The number of ketones is 1. The second-order valence-corrected chi connectivity index (χ2v) is 3.94. The Morgan fingerprint density at radius 3 is 2.38 bits per heavy atom. The van der Waals surface area contributed by atoms with Crippen molar-refractivity contribution in [3.8, 4) is 0 Å². The van der Waals surface area contributed by atoms with Crippen molar-refractivity contribution in [1.82, 2.24) is 4.98 Å². The highest BCUT2D eigenvalue weighted by Crippen LogP contribution is 2.19. The summed E-state index contributed by atoms with van der Waals surface area (Å²) in [5, 5.41) is 0. The summed E-state index contributed by atoms with van der Waals surface area (Å²) in [5.41, 5.74) is -0.154. The first kappa shape index (κ1) is 9.84. The van der Waals surface area contributed by atoms with Gasteiger partial charge in [0.15, 0.2) is 5.78 Å². The quantitative estimate of drug-likeness (QED) is 0.623. The van der Waals surface area contributed by atoms with E-state index < -0.39 is 11.2 Å². The molecule has 2 nitrogen and oxygen atoms in total. The van der Waals surface area contributed by atoms with Crippen LogP contribution >= 0.6 is 0 Å². The summed E-state index contributed by atoms with van der Waals surface area (Å²) < 4.78 is 12.5. The molecule has 13 heavy (non-hydrogen) atoms. The molecule has 0 amide bonds. The van der Waals surface area contributed by atoms with Crippen LogP contribution in [0.4, 0.5) is 4.39 Å². The zero-order valence-electron chi connectivity index (χ0n) is 7.97. The van der Waals surface area contributed by atoms with E-state index in [2.05, 4.69) is 4.98 Å². The molecule has 0 aliphatic rings. The van der Waals surface area contributed by atoms with Crippen molar-refractivity contribution in [3.63, 3.8) is 0 Å². The minimum Gasteiger partial charge on any atom is -0.292 e. The Bertz CT molecular complexity index is 311. The number of halogens is 1. The summed E-state index contributed by atoms with van der Waals surface area (Å²) in [6.45, 7) is 5.42. The van der Waals surface area contributed by atoms with Crippen LogP contribution in [0, 0.1) is 11.2 Å². The molecule has 0 fully saturated rings. The SMILES string of the molecule is CC(C)(C)C(=O)c1ccc(F)cn1. The standard InChI is InChI=1S/C10H12FNO/c1-10(2,3)9(13)8-5-4-7(11)6-12-8/h4-6H,1-3H3. The predicted molar refractivity (Wildman–Crippen MR) is 48.0 cm³/mol. The summed E-state index contributed by atoms with van der Waals surface area (Å²) in [5.74, 6) is -0.502. The van der Waals surface area contributed by atoms with Crippen molar-refractivity contribution in [2.75, 3.05) is 0 Å². The van der Waals surface area contributed by atoms with Crippen LogP contribution in [-0.2, 0) is 0 Å². The molecule has 1 rings (SSSR count). The number of rotatable bonds is 1. The third-order valence-corrected chi connectivity index (χ3v) is 1.64. The summed E-state index contributed by atoms with van der Waals surface area (Å²) in [4.78, 5) is 15.3. The summed E-state index contributed by atoms with van der Waals surface area (Å²) in [6.07, 6.45) is 1.05. The first-order valence-electron chi connectivity index (χ1n) is 4.07. The summed E-state index contributed by atoms with van der Waals surface area (Å²) >= 11 is 0. The van der Waals surface area contributed by atoms with Gasteiger partial charge < -0.3 is 0 Å². The number of carbonyl (C=O) groups is 1. The first-order valence-corrected chi connectivity index (χ1v) is 4.07. The monoisotopic (exact) mass is 181 g/mol. The molecule has 1 aromatic rings. The number of Topliss-reactive ketones (excluding diaryl/α,β-unsaturated/α-hetero) is 1. The van der Waals surface area contributed by atoms with Crippen LogP contribution in [-0.4, -0.2) is 10.8 Å². The van der Waals surface area contributed by atoms with Gasteiger partial charge in [-0.15, -0.1) is 0 Å². The van der Waals surface area contributed by atoms with Gasteiger partial charge >= 0.3 is 0 Å². The number of hydrogen-bond donors (Lipinski definition) is 0. The van der Waals surface area contributed by atoms with E-state index >= 15 is 0 Å². The van der Waals surface area contributed by atoms with Crippen molar-refractivity contribution < 1.29 is 9.18 Å². The minimum atomic E-state index is -0.467. The van der Waals surface area contributed by atoms with Gasteiger partial charge in [0.05, 0.1) is 6.20 Å². The lowest BCUT2D eigenvalue weighted by Crippen LogP contribution is -2.21. The maximum Gasteiger partial charge on any atom is 0.186 e. The second kappa shape index (κ2) is 3.24. The van der Waals surface area contributed by atoms with Crippen LogP contribution < -0.4 is 0 Å². The van der Waals surface area contributed by atoms with E-state index in [0.29, 0.717) is 5.69 Å². The van der Waals surface area contributed by atoms with Gasteiger partial charge in [0.25, 0.3) is 0 Å². The first-order chi connectivity index (χ1) is 5.91. The Morgan fingerprint density at radius 1 is 1.38 bits per heavy atom. The molecule has 1 aromatic heterocycles. The average Bonchev–Trinajstić information content (AvgIpc) is 2.03. The van der Waals surface area contributed by atoms with Crippen LogP contribution in [0.15, 0.2) is 18.3 Å². The third-order valence-electron chi connectivity index (χ3n) is 1.64. The van der Waals surface area contributed by atoms with E-state index in [1.807, 2.05) is 0 Å². The van der Waals surface area contributed by atoms with Gasteiger partial charge in [0.1, 0.15) is 11.5 Å². The second-order valence-electron chi connectivity index (χ2n) is 3.94. The number of carbonyl (C=O) groups excluding carboxylic acids is 1.